The summed E-state index contributed by atoms with van der Waals surface area (Å²) in [5.41, 5.74) is 1.15. The van der Waals surface area contributed by atoms with Crippen molar-refractivity contribution in [2.45, 2.75) is 18.8 Å². The molecule has 0 saturated carbocycles. The van der Waals surface area contributed by atoms with Gasteiger partial charge in [-0.05, 0) is 31.5 Å². The molecule has 0 N–H and O–H groups in total. The van der Waals surface area contributed by atoms with Gasteiger partial charge in [-0.15, -0.1) is 0 Å². The molecule has 1 aliphatic rings. The number of rotatable bonds is 3. The smallest absolute Gasteiger partial charge is 0.0839 e. The van der Waals surface area contributed by atoms with Crippen molar-refractivity contribution in [3.05, 3.63) is 35.9 Å². The van der Waals surface area contributed by atoms with Gasteiger partial charge in [0.25, 0.3) is 0 Å². The number of nitrogens with zero attached hydrogens (tertiary/aromatic N) is 2. The van der Waals surface area contributed by atoms with Crippen LogP contribution in [-0.2, 0) is 0 Å². The van der Waals surface area contributed by atoms with Gasteiger partial charge in [0.05, 0.1) is 12.0 Å². The normalized spacial score (nSPS) is 18.6. The minimum Gasteiger partial charge on any atom is -0.302 e. The summed E-state index contributed by atoms with van der Waals surface area (Å²) in [6.45, 7) is 3.20. The van der Waals surface area contributed by atoms with Gasteiger partial charge >= 0.3 is 0 Å². The highest BCUT2D eigenvalue weighted by Crippen LogP contribution is 2.18. The lowest BCUT2D eigenvalue weighted by molar-refractivity contribution is 0.332. The van der Waals surface area contributed by atoms with E-state index in [1.165, 1.54) is 12.8 Å². The summed E-state index contributed by atoms with van der Waals surface area (Å²) in [5, 5.41) is 9.16. The van der Waals surface area contributed by atoms with E-state index in [4.69, 9.17) is 5.26 Å². The molecule has 1 aliphatic heterocycles. The van der Waals surface area contributed by atoms with E-state index in [-0.39, 0.29) is 5.92 Å². The van der Waals surface area contributed by atoms with E-state index in [1.54, 1.807) is 0 Å². The average Bonchev–Trinajstić information content (AvgIpc) is 2.80. The van der Waals surface area contributed by atoms with Gasteiger partial charge in [-0.3, -0.25) is 0 Å². The third kappa shape index (κ3) is 2.57. The fourth-order valence-corrected chi connectivity index (χ4v) is 2.13. The Hall–Kier alpha value is -1.33. The van der Waals surface area contributed by atoms with Gasteiger partial charge in [-0.1, -0.05) is 30.3 Å². The molecule has 1 unspecified atom stereocenters. The van der Waals surface area contributed by atoms with Crippen molar-refractivity contribution in [2.24, 2.45) is 0 Å². The molecule has 1 fully saturated rings. The first-order valence-corrected chi connectivity index (χ1v) is 5.57. The van der Waals surface area contributed by atoms with Crippen molar-refractivity contribution in [2.75, 3.05) is 19.6 Å². The molecule has 1 atom stereocenters. The van der Waals surface area contributed by atoms with E-state index in [1.807, 2.05) is 30.3 Å². The fourth-order valence-electron chi connectivity index (χ4n) is 2.13. The summed E-state index contributed by atoms with van der Waals surface area (Å²) < 4.78 is 0. The lowest BCUT2D eigenvalue weighted by Gasteiger charge is -2.18. The second-order valence-corrected chi connectivity index (χ2v) is 4.10. The Kier molecular flexibility index (Phi) is 3.37. The molecule has 1 aromatic carbocycles. The van der Waals surface area contributed by atoms with Gasteiger partial charge in [0.2, 0.25) is 0 Å². The van der Waals surface area contributed by atoms with Crippen LogP contribution in [0.1, 0.15) is 24.3 Å². The van der Waals surface area contributed by atoms with Gasteiger partial charge in [0, 0.05) is 6.54 Å². The Morgan fingerprint density at radius 2 is 1.87 bits per heavy atom. The van der Waals surface area contributed by atoms with Crippen LogP contribution in [-0.4, -0.2) is 24.5 Å². The molecule has 1 heterocycles. The average molecular weight is 200 g/mol. The highest BCUT2D eigenvalue weighted by Gasteiger charge is 2.18. The maximum absolute atomic E-state index is 9.16. The first-order chi connectivity index (χ1) is 7.40. The molecule has 0 aromatic heterocycles. The topological polar surface area (TPSA) is 27.0 Å². The standard InChI is InChI=1S/C13H16N2/c14-10-13(11-15-8-4-5-9-15)12-6-2-1-3-7-12/h1-3,6-7,13H,4-5,8-9,11H2. The summed E-state index contributed by atoms with van der Waals surface area (Å²) in [7, 11) is 0. The Balaban J connectivity index is 2.02. The predicted molar refractivity (Wildman–Crippen MR) is 60.5 cm³/mol. The minimum atomic E-state index is 0.0318. The number of nitriles is 1. The van der Waals surface area contributed by atoms with Crippen molar-refractivity contribution >= 4 is 0 Å². The van der Waals surface area contributed by atoms with Crippen molar-refractivity contribution in [1.29, 1.82) is 5.26 Å². The highest BCUT2D eigenvalue weighted by molar-refractivity contribution is 5.25. The molecule has 2 heteroatoms. The van der Waals surface area contributed by atoms with Crippen LogP contribution in [0.5, 0.6) is 0 Å². The summed E-state index contributed by atoms with van der Waals surface area (Å²) in [6, 6.07) is 12.5. The van der Waals surface area contributed by atoms with Crippen LogP contribution in [0.25, 0.3) is 0 Å². The van der Waals surface area contributed by atoms with Gasteiger partial charge in [-0.25, -0.2) is 0 Å². The zero-order valence-electron chi connectivity index (χ0n) is 8.89. The van der Waals surface area contributed by atoms with Crippen LogP contribution in [0.3, 0.4) is 0 Å². The first kappa shape index (κ1) is 10.2. The van der Waals surface area contributed by atoms with E-state index in [0.29, 0.717) is 0 Å². The minimum absolute atomic E-state index is 0.0318. The van der Waals surface area contributed by atoms with Crippen LogP contribution in [0, 0.1) is 11.3 Å². The molecule has 0 amide bonds. The lowest BCUT2D eigenvalue weighted by Crippen LogP contribution is -2.24. The van der Waals surface area contributed by atoms with E-state index < -0.39 is 0 Å². The number of hydrogen-bond donors (Lipinski definition) is 0. The third-order valence-electron chi connectivity index (χ3n) is 3.00. The molecule has 0 radical (unpaired) electrons. The zero-order chi connectivity index (χ0) is 10.5. The lowest BCUT2D eigenvalue weighted by atomic mass is 10.0. The molecule has 1 saturated heterocycles. The summed E-state index contributed by atoms with van der Waals surface area (Å²) in [6.07, 6.45) is 2.57. The van der Waals surface area contributed by atoms with Crippen LogP contribution >= 0.6 is 0 Å². The maximum Gasteiger partial charge on any atom is 0.0839 e. The zero-order valence-corrected chi connectivity index (χ0v) is 8.89. The monoisotopic (exact) mass is 200 g/mol. The summed E-state index contributed by atoms with van der Waals surface area (Å²) in [5.74, 6) is 0.0318. The van der Waals surface area contributed by atoms with Gasteiger partial charge in [0.1, 0.15) is 0 Å². The van der Waals surface area contributed by atoms with Crippen molar-refractivity contribution in [1.82, 2.24) is 4.90 Å². The molecule has 0 aliphatic carbocycles. The number of likely N-dealkylation sites (tertiary alicyclic amines) is 1. The fraction of sp³-hybridized carbons (Fsp3) is 0.462. The molecule has 2 nitrogen and oxygen atoms in total. The molecule has 2 rings (SSSR count). The second kappa shape index (κ2) is 4.95. The Labute approximate surface area is 91.1 Å². The summed E-state index contributed by atoms with van der Waals surface area (Å²) >= 11 is 0. The summed E-state index contributed by atoms with van der Waals surface area (Å²) in [4.78, 5) is 2.39. The van der Waals surface area contributed by atoms with Gasteiger partial charge in [0.15, 0.2) is 0 Å². The largest absolute Gasteiger partial charge is 0.302 e. The Morgan fingerprint density at radius 3 is 2.47 bits per heavy atom. The van der Waals surface area contributed by atoms with Crippen LogP contribution in [0.4, 0.5) is 0 Å². The molecular weight excluding hydrogens is 184 g/mol. The predicted octanol–water partition coefficient (Wildman–Crippen LogP) is 2.39. The molecule has 15 heavy (non-hydrogen) atoms. The SMILES string of the molecule is N#CC(CN1CCCC1)c1ccccc1. The molecule has 0 spiro atoms. The number of benzene rings is 1. The quantitative estimate of drug-likeness (QED) is 0.749. The molecule has 78 valence electrons. The Morgan fingerprint density at radius 1 is 1.20 bits per heavy atom. The van der Waals surface area contributed by atoms with Crippen LogP contribution < -0.4 is 0 Å². The molecular formula is C13H16N2. The van der Waals surface area contributed by atoms with E-state index >= 15 is 0 Å². The number of hydrogen-bond acceptors (Lipinski definition) is 2. The van der Waals surface area contributed by atoms with Crippen molar-refractivity contribution < 1.29 is 0 Å². The van der Waals surface area contributed by atoms with Crippen molar-refractivity contribution in [3.8, 4) is 6.07 Å². The van der Waals surface area contributed by atoms with E-state index in [9.17, 15) is 0 Å². The Bertz CT molecular complexity index is 333. The molecule has 0 bridgehead atoms. The third-order valence-corrected chi connectivity index (χ3v) is 3.00. The van der Waals surface area contributed by atoms with E-state index in [2.05, 4.69) is 11.0 Å². The van der Waals surface area contributed by atoms with Gasteiger partial charge in [-0.2, -0.15) is 5.26 Å². The van der Waals surface area contributed by atoms with Crippen LogP contribution in [0.15, 0.2) is 30.3 Å². The second-order valence-electron chi connectivity index (χ2n) is 4.10. The van der Waals surface area contributed by atoms with Crippen molar-refractivity contribution in [3.63, 3.8) is 0 Å². The van der Waals surface area contributed by atoms with Crippen LogP contribution in [0.2, 0.25) is 0 Å². The van der Waals surface area contributed by atoms with Gasteiger partial charge < -0.3 is 4.90 Å². The maximum atomic E-state index is 9.16. The highest BCUT2D eigenvalue weighted by atomic mass is 15.1. The first-order valence-electron chi connectivity index (χ1n) is 5.57. The molecule has 1 aromatic rings. The van der Waals surface area contributed by atoms with E-state index in [0.717, 1.165) is 25.2 Å².